The van der Waals surface area contributed by atoms with Gasteiger partial charge in [-0.05, 0) is 36.8 Å². The molecule has 0 radical (unpaired) electrons. The molecule has 0 saturated heterocycles. The van der Waals surface area contributed by atoms with Crippen molar-refractivity contribution in [2.75, 3.05) is 21.9 Å². The van der Waals surface area contributed by atoms with Crippen LogP contribution in [0.1, 0.15) is 5.56 Å². The van der Waals surface area contributed by atoms with Crippen molar-refractivity contribution in [3.63, 3.8) is 0 Å². The number of aromatic nitrogens is 3. The van der Waals surface area contributed by atoms with Crippen molar-refractivity contribution < 1.29 is 0 Å². The summed E-state index contributed by atoms with van der Waals surface area (Å²) in [5.41, 5.74) is 15.7. The van der Waals surface area contributed by atoms with Crippen LogP contribution in [-0.2, 0) is 0 Å². The summed E-state index contributed by atoms with van der Waals surface area (Å²) < 4.78 is 1.12. The van der Waals surface area contributed by atoms with Crippen LogP contribution in [0.4, 0.5) is 28.1 Å². The molecule has 4 rings (SSSR count). The minimum absolute atomic E-state index is 0.409. The summed E-state index contributed by atoms with van der Waals surface area (Å²) in [5.74, 6) is 0.997. The van der Waals surface area contributed by atoms with Crippen molar-refractivity contribution in [1.82, 2.24) is 15.0 Å². The molecule has 130 valence electrons. The molecule has 0 spiro atoms. The van der Waals surface area contributed by atoms with Crippen LogP contribution >= 0.6 is 11.3 Å². The topological polar surface area (TPSA) is 101 Å². The second-order valence-electron chi connectivity index (χ2n) is 5.72. The van der Waals surface area contributed by atoms with Gasteiger partial charge in [-0.15, -0.1) is 0 Å². The maximum Gasteiger partial charge on any atom is 0.189 e. The molecule has 0 aliphatic heterocycles. The first-order valence-electron chi connectivity index (χ1n) is 8.01. The van der Waals surface area contributed by atoms with E-state index in [1.807, 2.05) is 42.5 Å². The molecule has 7 nitrogen and oxygen atoms in total. The molecule has 8 heteroatoms. The number of para-hydroxylation sites is 1. The third-order valence-corrected chi connectivity index (χ3v) is 4.69. The normalized spacial score (nSPS) is 10.7. The van der Waals surface area contributed by atoms with Gasteiger partial charge >= 0.3 is 0 Å². The van der Waals surface area contributed by atoms with Crippen LogP contribution in [0.5, 0.6) is 0 Å². The average molecular weight is 363 g/mol. The number of nitrogens with zero attached hydrogens (tertiary/aromatic N) is 3. The predicted molar refractivity (Wildman–Crippen MR) is 108 cm³/mol. The Labute approximate surface area is 154 Å². The molecule has 0 fully saturated rings. The smallest absolute Gasteiger partial charge is 0.189 e. The summed E-state index contributed by atoms with van der Waals surface area (Å²) in [6, 6.07) is 15.9. The zero-order valence-electron chi connectivity index (χ0n) is 14.0. The maximum absolute atomic E-state index is 6.20. The van der Waals surface area contributed by atoms with Gasteiger partial charge in [0.05, 0.1) is 15.9 Å². The molecule has 0 amide bonds. The third kappa shape index (κ3) is 3.35. The number of anilines is 5. The predicted octanol–water partition coefficient (Wildman–Crippen LogP) is 4.16. The van der Waals surface area contributed by atoms with E-state index in [1.165, 1.54) is 11.9 Å². The fourth-order valence-corrected chi connectivity index (χ4v) is 3.40. The summed E-state index contributed by atoms with van der Waals surface area (Å²) in [5, 5.41) is 3.92. The van der Waals surface area contributed by atoms with Gasteiger partial charge in [0.2, 0.25) is 0 Å². The lowest BCUT2D eigenvalue weighted by molar-refractivity contribution is 1.16. The van der Waals surface area contributed by atoms with Crippen molar-refractivity contribution in [3.05, 3.63) is 60.4 Å². The fraction of sp³-hybridized carbons (Fsp3) is 0.0556. The minimum atomic E-state index is 0.409. The van der Waals surface area contributed by atoms with Crippen LogP contribution < -0.4 is 21.9 Å². The van der Waals surface area contributed by atoms with Crippen molar-refractivity contribution in [3.8, 4) is 0 Å². The number of benzene rings is 2. The van der Waals surface area contributed by atoms with Gasteiger partial charge in [0.25, 0.3) is 0 Å². The van der Waals surface area contributed by atoms with E-state index in [1.54, 1.807) is 11.3 Å². The number of hydrazine groups is 1. The summed E-state index contributed by atoms with van der Waals surface area (Å²) in [6.07, 6.45) is 1.45. The highest BCUT2D eigenvalue weighted by Gasteiger charge is 2.11. The fourth-order valence-electron chi connectivity index (χ4n) is 2.43. The number of thiazole rings is 1. The average Bonchev–Trinajstić information content (AvgIpc) is 3.05. The van der Waals surface area contributed by atoms with E-state index < -0.39 is 0 Å². The Hall–Kier alpha value is -3.39. The van der Waals surface area contributed by atoms with Gasteiger partial charge in [-0.3, -0.25) is 10.9 Å². The molecule has 0 aliphatic rings. The van der Waals surface area contributed by atoms with Crippen LogP contribution in [-0.4, -0.2) is 15.0 Å². The second kappa shape index (κ2) is 6.85. The number of fused-ring (bicyclic) bond motifs is 1. The summed E-state index contributed by atoms with van der Waals surface area (Å²) >= 11 is 1.56. The standard InChI is InChI=1S/C18H17N7S/c1-11-7-8-13-14(9-11)26-18(22-13)23-16-15(19)17(21-10-20-16)25-24-12-5-3-2-4-6-12/h2-10,24H,19H2,1H3,(H2,20,21,22,23,25). The Kier molecular flexibility index (Phi) is 4.24. The number of nitrogens with two attached hydrogens (primary N) is 1. The lowest BCUT2D eigenvalue weighted by atomic mass is 10.2. The zero-order valence-corrected chi connectivity index (χ0v) is 14.8. The Bertz CT molecular complexity index is 1050. The van der Waals surface area contributed by atoms with Crippen LogP contribution in [0.25, 0.3) is 10.2 Å². The Morgan fingerprint density at radius 1 is 0.962 bits per heavy atom. The molecule has 26 heavy (non-hydrogen) atoms. The minimum Gasteiger partial charge on any atom is -0.393 e. The molecule has 0 atom stereocenters. The number of nitrogen functional groups attached to an aromatic ring is 1. The molecule has 0 aliphatic carbocycles. The molecule has 0 unspecified atom stereocenters. The molecule has 4 aromatic rings. The van der Waals surface area contributed by atoms with E-state index in [0.717, 1.165) is 21.0 Å². The largest absolute Gasteiger partial charge is 0.393 e. The number of rotatable bonds is 5. The molecule has 5 N–H and O–H groups in total. The first-order valence-corrected chi connectivity index (χ1v) is 8.82. The summed E-state index contributed by atoms with van der Waals surface area (Å²) in [4.78, 5) is 13.0. The van der Waals surface area contributed by atoms with E-state index in [0.29, 0.717) is 17.3 Å². The first kappa shape index (κ1) is 16.1. The van der Waals surface area contributed by atoms with Crippen LogP contribution in [0.3, 0.4) is 0 Å². The Balaban J connectivity index is 1.54. The van der Waals surface area contributed by atoms with E-state index in [-0.39, 0.29) is 0 Å². The maximum atomic E-state index is 6.20. The molecule has 0 bridgehead atoms. The van der Waals surface area contributed by atoms with E-state index in [2.05, 4.69) is 44.1 Å². The van der Waals surface area contributed by atoms with Gasteiger partial charge in [0, 0.05) is 0 Å². The molecule has 2 aromatic carbocycles. The summed E-state index contributed by atoms with van der Waals surface area (Å²) in [7, 11) is 0. The van der Waals surface area contributed by atoms with Gasteiger partial charge < -0.3 is 11.1 Å². The lowest BCUT2D eigenvalue weighted by Gasteiger charge is -2.12. The second-order valence-corrected chi connectivity index (χ2v) is 6.75. The van der Waals surface area contributed by atoms with Gasteiger partial charge in [0.1, 0.15) is 12.0 Å². The summed E-state index contributed by atoms with van der Waals surface area (Å²) in [6.45, 7) is 2.06. The quantitative estimate of drug-likeness (QED) is 0.395. The SMILES string of the molecule is Cc1ccc2nc(Nc3ncnc(NNc4ccccc4)c3N)sc2c1. The lowest BCUT2D eigenvalue weighted by Crippen LogP contribution is -2.13. The molecule has 2 aromatic heterocycles. The van der Waals surface area contributed by atoms with Gasteiger partial charge in [-0.25, -0.2) is 15.0 Å². The van der Waals surface area contributed by atoms with E-state index in [4.69, 9.17) is 5.73 Å². The van der Waals surface area contributed by atoms with Crippen molar-refractivity contribution in [2.45, 2.75) is 6.92 Å². The van der Waals surface area contributed by atoms with Crippen LogP contribution in [0, 0.1) is 6.92 Å². The van der Waals surface area contributed by atoms with Crippen molar-refractivity contribution >= 4 is 49.7 Å². The number of hydrogen-bond donors (Lipinski definition) is 4. The molecule has 2 heterocycles. The number of aryl methyl sites for hydroxylation is 1. The molecule has 0 saturated carbocycles. The highest BCUT2D eigenvalue weighted by atomic mass is 32.1. The number of hydrogen-bond acceptors (Lipinski definition) is 8. The van der Waals surface area contributed by atoms with Gasteiger partial charge in [-0.1, -0.05) is 35.6 Å². The van der Waals surface area contributed by atoms with Crippen LogP contribution in [0.15, 0.2) is 54.9 Å². The van der Waals surface area contributed by atoms with Crippen LogP contribution in [0.2, 0.25) is 0 Å². The van der Waals surface area contributed by atoms with Gasteiger partial charge in [-0.2, -0.15) is 0 Å². The van der Waals surface area contributed by atoms with Crippen molar-refractivity contribution in [2.24, 2.45) is 0 Å². The highest BCUT2D eigenvalue weighted by Crippen LogP contribution is 2.31. The Morgan fingerprint density at radius 2 is 1.77 bits per heavy atom. The van der Waals surface area contributed by atoms with E-state index >= 15 is 0 Å². The Morgan fingerprint density at radius 3 is 2.62 bits per heavy atom. The molecular formula is C18H17N7S. The molecular weight excluding hydrogens is 346 g/mol. The monoisotopic (exact) mass is 363 g/mol. The first-order chi connectivity index (χ1) is 12.7. The zero-order chi connectivity index (χ0) is 17.9. The third-order valence-electron chi connectivity index (χ3n) is 3.75. The van der Waals surface area contributed by atoms with Gasteiger partial charge in [0.15, 0.2) is 16.8 Å². The number of nitrogens with one attached hydrogen (secondary N) is 3. The van der Waals surface area contributed by atoms with E-state index in [9.17, 15) is 0 Å². The highest BCUT2D eigenvalue weighted by molar-refractivity contribution is 7.22. The van der Waals surface area contributed by atoms with Crippen molar-refractivity contribution in [1.29, 1.82) is 0 Å².